The van der Waals surface area contributed by atoms with Gasteiger partial charge in [-0.15, -0.1) is 0 Å². The second-order valence-corrected chi connectivity index (χ2v) is 9.60. The normalized spacial score (nSPS) is 16.2. The number of piperazine rings is 1. The van der Waals surface area contributed by atoms with Gasteiger partial charge in [0.1, 0.15) is 0 Å². The molecule has 9 heteroatoms. The molecular formula is C19H19F2N3O2S2. The third-order valence-electron chi connectivity index (χ3n) is 4.82. The first-order valence-corrected chi connectivity index (χ1v) is 11.2. The number of hydrogen-bond acceptors (Lipinski definition) is 6. The van der Waals surface area contributed by atoms with Gasteiger partial charge in [0.05, 0.1) is 15.1 Å². The van der Waals surface area contributed by atoms with Crippen molar-refractivity contribution >= 4 is 36.5 Å². The molecule has 0 aliphatic carbocycles. The molecule has 2 aromatic carbocycles. The molecule has 0 N–H and O–H groups in total. The van der Waals surface area contributed by atoms with Gasteiger partial charge in [-0.25, -0.2) is 13.4 Å². The molecule has 0 spiro atoms. The highest BCUT2D eigenvalue weighted by Crippen LogP contribution is 2.29. The molecule has 1 aromatic heterocycles. The van der Waals surface area contributed by atoms with Gasteiger partial charge >= 0.3 is 5.76 Å². The smallest absolute Gasteiger partial charge is 0.341 e. The summed E-state index contributed by atoms with van der Waals surface area (Å²) < 4.78 is 49.4. The Kier molecular flexibility index (Phi) is 5.31. The monoisotopic (exact) mass is 423 g/mol. The largest absolute Gasteiger partial charge is 0.345 e. The summed E-state index contributed by atoms with van der Waals surface area (Å²) in [5, 5.41) is 1.03. The first-order chi connectivity index (χ1) is 13.4. The van der Waals surface area contributed by atoms with Crippen molar-refractivity contribution in [3.05, 3.63) is 54.1 Å². The van der Waals surface area contributed by atoms with Gasteiger partial charge in [-0.2, -0.15) is 8.78 Å². The lowest BCUT2D eigenvalue weighted by Gasteiger charge is -2.34. The van der Waals surface area contributed by atoms with Crippen LogP contribution in [0.25, 0.3) is 10.2 Å². The summed E-state index contributed by atoms with van der Waals surface area (Å²) in [6.07, 6.45) is 0. The van der Waals surface area contributed by atoms with Crippen molar-refractivity contribution in [2.75, 3.05) is 31.1 Å². The second kappa shape index (κ2) is 7.73. The highest BCUT2D eigenvalue weighted by atomic mass is 32.2. The van der Waals surface area contributed by atoms with Crippen LogP contribution in [0.1, 0.15) is 5.56 Å². The van der Waals surface area contributed by atoms with Crippen molar-refractivity contribution in [2.45, 2.75) is 17.2 Å². The van der Waals surface area contributed by atoms with Gasteiger partial charge in [-0.3, -0.25) is 4.90 Å². The lowest BCUT2D eigenvalue weighted by Crippen LogP contribution is -2.45. The molecular weight excluding hydrogens is 404 g/mol. The van der Waals surface area contributed by atoms with Gasteiger partial charge < -0.3 is 4.90 Å². The van der Waals surface area contributed by atoms with Crippen LogP contribution in [0.3, 0.4) is 0 Å². The molecule has 0 radical (unpaired) electrons. The molecule has 3 aromatic rings. The Morgan fingerprint density at radius 2 is 1.68 bits per heavy atom. The van der Waals surface area contributed by atoms with Crippen LogP contribution in [0, 0.1) is 0 Å². The van der Waals surface area contributed by atoms with E-state index in [1.54, 1.807) is 23.5 Å². The van der Waals surface area contributed by atoms with Gasteiger partial charge in [0.25, 0.3) is 0 Å². The molecule has 0 saturated carbocycles. The summed E-state index contributed by atoms with van der Waals surface area (Å²) in [6.45, 7) is 4.08. The maximum atomic E-state index is 12.6. The van der Waals surface area contributed by atoms with E-state index >= 15 is 0 Å². The topological polar surface area (TPSA) is 53.5 Å². The molecule has 1 saturated heterocycles. The summed E-state index contributed by atoms with van der Waals surface area (Å²) in [7, 11) is -4.54. The number of aromatic nitrogens is 1. The van der Waals surface area contributed by atoms with Crippen molar-refractivity contribution in [3.63, 3.8) is 0 Å². The van der Waals surface area contributed by atoms with Crippen LogP contribution < -0.4 is 4.90 Å². The number of alkyl halides is 2. The van der Waals surface area contributed by atoms with E-state index in [0.717, 1.165) is 42.4 Å². The molecule has 1 aliphatic heterocycles. The number of rotatable bonds is 5. The van der Waals surface area contributed by atoms with Gasteiger partial charge in [-0.1, -0.05) is 35.6 Å². The fraction of sp³-hybridized carbons (Fsp3) is 0.316. The maximum absolute atomic E-state index is 12.6. The predicted octanol–water partition coefficient (Wildman–Crippen LogP) is 3.61. The van der Waals surface area contributed by atoms with Crippen molar-refractivity contribution in [2.24, 2.45) is 0 Å². The second-order valence-electron chi connectivity index (χ2n) is 6.68. The van der Waals surface area contributed by atoms with Crippen molar-refractivity contribution in [3.8, 4) is 0 Å². The Labute approximate surface area is 166 Å². The molecule has 28 heavy (non-hydrogen) atoms. The van der Waals surface area contributed by atoms with Crippen LogP contribution >= 0.6 is 11.3 Å². The van der Waals surface area contributed by atoms with Crippen molar-refractivity contribution < 1.29 is 17.2 Å². The van der Waals surface area contributed by atoms with Crippen LogP contribution in [0.2, 0.25) is 0 Å². The average Bonchev–Trinajstić information content (AvgIpc) is 3.13. The number of thiazole rings is 1. The molecule has 1 aliphatic rings. The molecule has 0 bridgehead atoms. The zero-order chi connectivity index (χ0) is 19.7. The van der Waals surface area contributed by atoms with E-state index in [-0.39, 0.29) is 4.90 Å². The third-order valence-corrected chi connectivity index (χ3v) is 7.31. The highest BCUT2D eigenvalue weighted by molar-refractivity contribution is 7.91. The van der Waals surface area contributed by atoms with Crippen molar-refractivity contribution in [1.29, 1.82) is 0 Å². The minimum atomic E-state index is -4.54. The molecule has 0 atom stereocenters. The number of halogens is 2. The minimum absolute atomic E-state index is 0.341. The first kappa shape index (κ1) is 19.2. The molecule has 4 rings (SSSR count). The molecule has 148 valence electrons. The van der Waals surface area contributed by atoms with E-state index in [1.807, 2.05) is 18.2 Å². The first-order valence-electron chi connectivity index (χ1n) is 8.87. The summed E-state index contributed by atoms with van der Waals surface area (Å²) in [5.41, 5.74) is 1.92. The zero-order valence-corrected chi connectivity index (χ0v) is 16.6. The standard InChI is InChI=1S/C19H19F2N3O2S2/c20-18(21)28(25,26)15-7-5-14(6-8-15)13-23-9-11-24(12-10-23)19-22-16-3-1-2-4-17(16)27-19/h1-8,18H,9-13H2. The van der Waals surface area contributed by atoms with Crippen LogP contribution in [-0.4, -0.2) is 50.2 Å². The predicted molar refractivity (Wildman–Crippen MR) is 107 cm³/mol. The minimum Gasteiger partial charge on any atom is -0.345 e. The third kappa shape index (κ3) is 3.87. The van der Waals surface area contributed by atoms with Crippen LogP contribution in [0.4, 0.5) is 13.9 Å². The summed E-state index contributed by atoms with van der Waals surface area (Å²) in [6, 6.07) is 13.8. The van der Waals surface area contributed by atoms with E-state index < -0.39 is 15.6 Å². The van der Waals surface area contributed by atoms with E-state index in [9.17, 15) is 17.2 Å². The van der Waals surface area contributed by atoms with E-state index in [1.165, 1.54) is 16.8 Å². The zero-order valence-electron chi connectivity index (χ0n) is 15.0. The Balaban J connectivity index is 1.36. The number of anilines is 1. The summed E-state index contributed by atoms with van der Waals surface area (Å²) in [4.78, 5) is 8.90. The average molecular weight is 424 g/mol. The maximum Gasteiger partial charge on any atom is 0.341 e. The molecule has 5 nitrogen and oxygen atoms in total. The Morgan fingerprint density at radius 3 is 2.32 bits per heavy atom. The molecule has 0 amide bonds. The fourth-order valence-electron chi connectivity index (χ4n) is 3.24. The Morgan fingerprint density at radius 1 is 1.00 bits per heavy atom. The molecule has 1 fully saturated rings. The van der Waals surface area contributed by atoms with E-state index in [0.29, 0.717) is 6.54 Å². The Bertz CT molecular complexity index is 1030. The number of para-hydroxylation sites is 1. The van der Waals surface area contributed by atoms with Crippen LogP contribution in [0.15, 0.2) is 53.4 Å². The summed E-state index contributed by atoms with van der Waals surface area (Å²) in [5.74, 6) is -3.39. The number of nitrogens with zero attached hydrogens (tertiary/aromatic N) is 3. The lowest BCUT2D eigenvalue weighted by molar-refractivity contribution is 0.234. The molecule has 0 unspecified atom stereocenters. The highest BCUT2D eigenvalue weighted by Gasteiger charge is 2.26. The number of hydrogen-bond donors (Lipinski definition) is 0. The van der Waals surface area contributed by atoms with Gasteiger partial charge in [0, 0.05) is 32.7 Å². The van der Waals surface area contributed by atoms with Gasteiger partial charge in [0.15, 0.2) is 5.13 Å². The van der Waals surface area contributed by atoms with Gasteiger partial charge in [0.2, 0.25) is 9.84 Å². The number of sulfone groups is 1. The lowest BCUT2D eigenvalue weighted by atomic mass is 10.2. The fourth-order valence-corrected chi connectivity index (χ4v) is 4.98. The SMILES string of the molecule is O=S(=O)(c1ccc(CN2CCN(c3nc4ccccc4s3)CC2)cc1)C(F)F. The van der Waals surface area contributed by atoms with Gasteiger partial charge in [-0.05, 0) is 29.8 Å². The van der Waals surface area contributed by atoms with E-state index in [4.69, 9.17) is 4.98 Å². The summed E-state index contributed by atoms with van der Waals surface area (Å²) >= 11 is 1.69. The quantitative estimate of drug-likeness (QED) is 0.628. The van der Waals surface area contributed by atoms with Crippen molar-refractivity contribution in [1.82, 2.24) is 9.88 Å². The number of benzene rings is 2. The van der Waals surface area contributed by atoms with E-state index in [2.05, 4.69) is 15.9 Å². The number of fused-ring (bicyclic) bond motifs is 1. The molecule has 2 heterocycles. The Hall–Kier alpha value is -2.10. The van der Waals surface area contributed by atoms with Crippen LogP contribution in [0.5, 0.6) is 0 Å². The van der Waals surface area contributed by atoms with Crippen LogP contribution in [-0.2, 0) is 16.4 Å².